The van der Waals surface area contributed by atoms with Gasteiger partial charge in [-0.25, -0.2) is 0 Å². The molecule has 0 aliphatic heterocycles. The molecular weight excluding hydrogens is 425 g/mol. The van der Waals surface area contributed by atoms with Gasteiger partial charge in [-0.1, -0.05) is 20.8 Å². The molecule has 1 amide bonds. The van der Waals surface area contributed by atoms with Crippen molar-refractivity contribution in [2.75, 3.05) is 0 Å². The Hall–Kier alpha value is -3.73. The third-order valence-corrected chi connectivity index (χ3v) is 4.99. The van der Waals surface area contributed by atoms with Crippen LogP contribution in [0.25, 0.3) is 22.3 Å². The molecule has 3 aromatic rings. The molecule has 8 heteroatoms. The number of aromatic nitrogens is 2. The maximum atomic E-state index is 12.1. The van der Waals surface area contributed by atoms with Crippen molar-refractivity contribution in [2.24, 2.45) is 0 Å². The Morgan fingerprint density at radius 2 is 1.85 bits per heavy atom. The molecule has 0 saturated carbocycles. The zero-order valence-electron chi connectivity index (χ0n) is 20.6. The predicted molar refractivity (Wildman–Crippen MR) is 136 cm³/mol. The molecule has 2 N–H and O–H groups in total. The van der Waals surface area contributed by atoms with Crippen molar-refractivity contribution in [3.8, 4) is 17.2 Å². The quantitative estimate of drug-likeness (QED) is 0.551. The summed E-state index contributed by atoms with van der Waals surface area (Å²) in [4.78, 5) is 21.6. The Labute approximate surface area is 201 Å². The number of carbonyl (C=O) groups excluding carboxylic acids is 1. The molecule has 0 aliphatic rings. The van der Waals surface area contributed by atoms with E-state index in [1.165, 1.54) is 12.5 Å². The number of fused-ring (bicyclic) bond motifs is 1. The summed E-state index contributed by atoms with van der Waals surface area (Å²) in [6, 6.07) is 14.1. The topological polar surface area (TPSA) is 99.9 Å². The minimum absolute atomic E-state index is 0.0428. The number of hydrogen-bond acceptors (Lipinski definition) is 6. The molecule has 0 saturated heterocycles. The first-order chi connectivity index (χ1) is 16.0. The normalized spacial score (nSPS) is 12.0. The van der Waals surface area contributed by atoms with Crippen LogP contribution < -0.4 is 10.6 Å². The van der Waals surface area contributed by atoms with Gasteiger partial charge in [-0.15, -0.1) is 0 Å². The third-order valence-electron chi connectivity index (χ3n) is 4.99. The molecule has 34 heavy (non-hydrogen) atoms. The van der Waals surface area contributed by atoms with Crippen LogP contribution in [0.15, 0.2) is 48.7 Å². The van der Waals surface area contributed by atoms with Gasteiger partial charge in [0.25, 0.3) is 0 Å². The summed E-state index contributed by atoms with van der Waals surface area (Å²) in [5.41, 5.74) is 5.11. The summed E-state index contributed by atoms with van der Waals surface area (Å²) >= 11 is 0. The standard InChI is InChI=1S/C26H30BN5O2/c1-25(2,3)19-11-7-9-17(13-19)21-15-29-22-18(10-8-12-20(22)31-21)14-30-23(27-16-28)32-24(33)34-26(4,5)6/h7-13,15,30H,14H2,1-6H3,(H,32,33). The summed E-state index contributed by atoms with van der Waals surface area (Å²) in [6.45, 7) is 13.4. The van der Waals surface area contributed by atoms with Crippen molar-refractivity contribution in [1.29, 1.82) is 5.26 Å². The molecule has 0 atom stereocenters. The number of rotatable bonds is 5. The number of ether oxygens (including phenoxy) is 1. The van der Waals surface area contributed by atoms with E-state index in [0.29, 0.717) is 6.54 Å². The third kappa shape index (κ3) is 6.64. The van der Waals surface area contributed by atoms with Crippen LogP contribution in [0, 0.1) is 11.2 Å². The van der Waals surface area contributed by atoms with Gasteiger partial charge >= 0.3 is 180 Å². The number of nitrogens with zero attached hydrogens (tertiary/aromatic N) is 3. The first-order valence-electron chi connectivity index (χ1n) is 11.2. The Morgan fingerprint density at radius 1 is 1.12 bits per heavy atom. The predicted octanol–water partition coefficient (Wildman–Crippen LogP) is 4.48. The Morgan fingerprint density at radius 3 is 2.53 bits per heavy atom. The van der Waals surface area contributed by atoms with Crippen molar-refractivity contribution < 1.29 is 9.53 Å². The number of benzene rings is 2. The average Bonchev–Trinajstić information content (AvgIpc) is 2.75. The molecule has 0 bridgehead atoms. The fraction of sp³-hybridized carbons (Fsp3) is 0.346. The number of nitriles is 1. The van der Waals surface area contributed by atoms with E-state index in [2.05, 4.69) is 48.5 Å². The van der Waals surface area contributed by atoms with E-state index in [4.69, 9.17) is 15.0 Å². The second-order valence-corrected chi connectivity index (χ2v) is 10.0. The molecule has 1 heterocycles. The van der Waals surface area contributed by atoms with E-state index in [1.807, 2.05) is 36.3 Å². The van der Waals surface area contributed by atoms with Crippen LogP contribution in [0.3, 0.4) is 0 Å². The zero-order valence-corrected chi connectivity index (χ0v) is 20.6. The summed E-state index contributed by atoms with van der Waals surface area (Å²) in [7, 11) is 0. The summed E-state index contributed by atoms with van der Waals surface area (Å²) in [5.74, 6) is 1.93. The van der Waals surface area contributed by atoms with Gasteiger partial charge in [0.05, 0.1) is 0 Å². The zero-order chi connectivity index (χ0) is 24.9. The van der Waals surface area contributed by atoms with Gasteiger partial charge in [0.2, 0.25) is 0 Å². The van der Waals surface area contributed by atoms with Gasteiger partial charge < -0.3 is 0 Å². The molecule has 0 fully saturated rings. The number of hydrogen-bond donors (Lipinski definition) is 2. The maximum absolute atomic E-state index is 12.1. The van der Waals surface area contributed by atoms with E-state index in [0.717, 1.165) is 27.9 Å². The number of carbonyl (C=O) groups is 1. The Bertz CT molecular complexity index is 1270. The van der Waals surface area contributed by atoms with Gasteiger partial charge in [-0.05, 0) is 0 Å². The molecule has 1 aromatic heterocycles. The van der Waals surface area contributed by atoms with Crippen molar-refractivity contribution in [1.82, 2.24) is 20.6 Å². The van der Waals surface area contributed by atoms with Gasteiger partial charge in [0.15, 0.2) is 0 Å². The molecule has 174 valence electrons. The minimum atomic E-state index is -0.642. The van der Waals surface area contributed by atoms with E-state index < -0.39 is 11.7 Å². The number of alkyl carbamates (subject to hydrolysis) is 1. The van der Waals surface area contributed by atoms with Crippen LogP contribution in [0.1, 0.15) is 52.7 Å². The van der Waals surface area contributed by atoms with Gasteiger partial charge in [0, 0.05) is 0 Å². The fourth-order valence-electron chi connectivity index (χ4n) is 3.33. The summed E-state index contributed by atoms with van der Waals surface area (Å²) in [6.07, 6.45) is 1.14. The van der Waals surface area contributed by atoms with Crippen LogP contribution in [0.2, 0.25) is 0 Å². The molecule has 0 spiro atoms. The molecule has 2 aromatic carbocycles. The second kappa shape index (κ2) is 10.0. The van der Waals surface area contributed by atoms with Gasteiger partial charge in [-0.2, -0.15) is 0 Å². The molecule has 0 radical (unpaired) electrons. The van der Waals surface area contributed by atoms with E-state index >= 15 is 0 Å². The van der Waals surface area contributed by atoms with Crippen LogP contribution in [-0.4, -0.2) is 34.3 Å². The fourth-order valence-corrected chi connectivity index (χ4v) is 3.33. The number of nitrogens with one attached hydrogen (secondary N) is 2. The number of amides is 1. The van der Waals surface area contributed by atoms with Crippen LogP contribution >= 0.6 is 0 Å². The first kappa shape index (κ1) is 24.9. The van der Waals surface area contributed by atoms with Crippen LogP contribution in [0.4, 0.5) is 4.79 Å². The van der Waals surface area contributed by atoms with Crippen molar-refractivity contribution >= 4 is 29.8 Å². The molecule has 0 unspecified atom stereocenters. The van der Waals surface area contributed by atoms with E-state index in [-0.39, 0.29) is 11.1 Å². The first-order valence-corrected chi connectivity index (χ1v) is 11.2. The van der Waals surface area contributed by atoms with Crippen LogP contribution in [0.5, 0.6) is 0 Å². The average molecular weight is 455 g/mol. The SMILES string of the molecule is CC(C)(C)OC(=O)NC(=BC#N)NCc1cccc2nc(-c3cccc(C(C)(C)C)c3)cnc12. The van der Waals surface area contributed by atoms with E-state index in [1.54, 1.807) is 27.0 Å². The second-order valence-electron chi connectivity index (χ2n) is 10.0. The Balaban J connectivity index is 1.82. The van der Waals surface area contributed by atoms with Crippen LogP contribution in [-0.2, 0) is 16.7 Å². The number of para-hydroxylation sites is 1. The summed E-state index contributed by atoms with van der Waals surface area (Å²) < 4.78 is 5.26. The van der Waals surface area contributed by atoms with E-state index in [9.17, 15) is 4.79 Å². The Kier molecular flexibility index (Phi) is 7.36. The van der Waals surface area contributed by atoms with Gasteiger partial charge in [0.1, 0.15) is 0 Å². The molecule has 0 aliphatic carbocycles. The molecule has 7 nitrogen and oxygen atoms in total. The molecular formula is C26H30BN5O2. The monoisotopic (exact) mass is 455 g/mol. The van der Waals surface area contributed by atoms with Crippen molar-refractivity contribution in [3.05, 3.63) is 59.8 Å². The van der Waals surface area contributed by atoms with Crippen molar-refractivity contribution in [2.45, 2.75) is 59.1 Å². The summed E-state index contributed by atoms with van der Waals surface area (Å²) in [5, 5.41) is 14.7. The van der Waals surface area contributed by atoms with Crippen molar-refractivity contribution in [3.63, 3.8) is 0 Å². The van der Waals surface area contributed by atoms with Gasteiger partial charge in [-0.3, -0.25) is 0 Å². The molecule has 3 rings (SSSR count).